The lowest BCUT2D eigenvalue weighted by Crippen LogP contribution is -2.51. The van der Waals surface area contributed by atoms with E-state index in [4.69, 9.17) is 10.00 Å². The van der Waals surface area contributed by atoms with Crippen molar-refractivity contribution in [2.75, 3.05) is 19.7 Å². The average Bonchev–Trinajstić information content (AvgIpc) is 2.24. The molecule has 0 spiro atoms. The van der Waals surface area contributed by atoms with Gasteiger partial charge in [-0.05, 0) is 13.3 Å². The Labute approximate surface area is 99.1 Å². The first-order chi connectivity index (χ1) is 7.88. The van der Waals surface area contributed by atoms with Crippen LogP contribution in [0.4, 0.5) is 13.2 Å². The Bertz CT molecular complexity index is 287. The molecule has 17 heavy (non-hydrogen) atoms. The zero-order chi connectivity index (χ0) is 13.1. The minimum absolute atomic E-state index is 0.0237. The molecule has 0 saturated carbocycles. The van der Waals surface area contributed by atoms with Gasteiger partial charge in [-0.25, -0.2) is 0 Å². The van der Waals surface area contributed by atoms with E-state index >= 15 is 0 Å². The molecule has 6 heteroatoms. The summed E-state index contributed by atoms with van der Waals surface area (Å²) < 4.78 is 43.0. The lowest BCUT2D eigenvalue weighted by Gasteiger charge is -2.39. The average molecular weight is 250 g/mol. The first-order valence-corrected chi connectivity index (χ1v) is 5.70. The second kappa shape index (κ2) is 5.69. The molecule has 3 nitrogen and oxygen atoms in total. The van der Waals surface area contributed by atoms with Crippen LogP contribution in [-0.4, -0.2) is 42.9 Å². The van der Waals surface area contributed by atoms with Gasteiger partial charge in [-0.15, -0.1) is 0 Å². The molecule has 0 radical (unpaired) electrons. The van der Waals surface area contributed by atoms with E-state index in [1.807, 2.05) is 13.8 Å². The molecule has 1 rings (SSSR count). The van der Waals surface area contributed by atoms with Gasteiger partial charge in [0.25, 0.3) is 0 Å². The van der Waals surface area contributed by atoms with E-state index in [0.29, 0.717) is 13.2 Å². The summed E-state index contributed by atoms with van der Waals surface area (Å²) in [6, 6.07) is 1.32. The van der Waals surface area contributed by atoms with Gasteiger partial charge < -0.3 is 4.74 Å². The second-order valence-corrected chi connectivity index (χ2v) is 4.38. The molecule has 1 aliphatic heterocycles. The van der Waals surface area contributed by atoms with E-state index in [9.17, 15) is 13.2 Å². The number of halogens is 3. The van der Waals surface area contributed by atoms with Crippen molar-refractivity contribution in [3.8, 4) is 6.07 Å². The summed E-state index contributed by atoms with van der Waals surface area (Å²) in [5.74, 6) is -1.91. The molecule has 3 atom stereocenters. The van der Waals surface area contributed by atoms with Gasteiger partial charge >= 0.3 is 6.18 Å². The van der Waals surface area contributed by atoms with E-state index in [1.54, 1.807) is 4.90 Å². The fraction of sp³-hybridized carbons (Fsp3) is 0.909. The van der Waals surface area contributed by atoms with Crippen molar-refractivity contribution >= 4 is 0 Å². The Hall–Kier alpha value is -0.800. The largest absolute Gasteiger partial charge is 0.405 e. The van der Waals surface area contributed by atoms with E-state index in [0.717, 1.165) is 6.42 Å². The van der Waals surface area contributed by atoms with Crippen LogP contribution in [0.1, 0.15) is 20.3 Å². The molecule has 1 saturated heterocycles. The highest BCUT2D eigenvalue weighted by Crippen LogP contribution is 2.28. The van der Waals surface area contributed by atoms with Crippen molar-refractivity contribution < 1.29 is 17.9 Å². The van der Waals surface area contributed by atoms with Gasteiger partial charge in [0, 0.05) is 19.1 Å². The quantitative estimate of drug-likeness (QED) is 0.770. The standard InChI is InChI=1S/C11H17F3N2O/c1-3-10-7-17-8(2)5-16(10)6-9(4-15)11(12,13)14/h8-10H,3,5-7H2,1-2H3. The number of hydrogen-bond donors (Lipinski definition) is 0. The van der Waals surface area contributed by atoms with E-state index in [2.05, 4.69) is 0 Å². The normalized spacial score (nSPS) is 28.7. The van der Waals surface area contributed by atoms with Gasteiger partial charge in [-0.2, -0.15) is 18.4 Å². The van der Waals surface area contributed by atoms with Gasteiger partial charge in [0.05, 0.1) is 18.8 Å². The Morgan fingerprint density at radius 1 is 1.53 bits per heavy atom. The predicted octanol–water partition coefficient (Wildman–Crippen LogP) is 2.19. The maximum absolute atomic E-state index is 12.5. The Morgan fingerprint density at radius 3 is 2.65 bits per heavy atom. The van der Waals surface area contributed by atoms with Crippen molar-refractivity contribution in [1.29, 1.82) is 5.26 Å². The van der Waals surface area contributed by atoms with Crippen molar-refractivity contribution in [1.82, 2.24) is 4.90 Å². The summed E-state index contributed by atoms with van der Waals surface area (Å²) in [6.07, 6.45) is -3.80. The molecule has 98 valence electrons. The molecule has 0 amide bonds. The number of alkyl halides is 3. The third-order valence-corrected chi connectivity index (χ3v) is 3.02. The molecule has 1 aliphatic rings. The lowest BCUT2D eigenvalue weighted by molar-refractivity contribution is -0.170. The molecule has 0 aromatic carbocycles. The SMILES string of the molecule is CCC1COC(C)CN1CC(C#N)C(F)(F)F. The molecule has 1 fully saturated rings. The third kappa shape index (κ3) is 3.86. The highest BCUT2D eigenvalue weighted by molar-refractivity contribution is 4.92. The van der Waals surface area contributed by atoms with E-state index in [1.165, 1.54) is 6.07 Å². The summed E-state index contributed by atoms with van der Waals surface area (Å²) in [5.41, 5.74) is 0. The fourth-order valence-corrected chi connectivity index (χ4v) is 1.96. The Morgan fingerprint density at radius 2 is 2.18 bits per heavy atom. The fourth-order valence-electron chi connectivity index (χ4n) is 1.96. The van der Waals surface area contributed by atoms with Gasteiger partial charge in [0.15, 0.2) is 5.92 Å². The van der Waals surface area contributed by atoms with Crippen LogP contribution >= 0.6 is 0 Å². The van der Waals surface area contributed by atoms with Crippen LogP contribution in [0, 0.1) is 17.2 Å². The van der Waals surface area contributed by atoms with Gasteiger partial charge in [-0.1, -0.05) is 6.92 Å². The van der Waals surface area contributed by atoms with E-state index < -0.39 is 12.1 Å². The molecule has 0 aromatic rings. The number of rotatable bonds is 3. The molecule has 1 heterocycles. The second-order valence-electron chi connectivity index (χ2n) is 4.38. The number of nitriles is 1. The van der Waals surface area contributed by atoms with Gasteiger partial charge in [-0.3, -0.25) is 4.90 Å². The van der Waals surface area contributed by atoms with Crippen LogP contribution in [0.3, 0.4) is 0 Å². The maximum atomic E-state index is 12.5. The number of morpholine rings is 1. The molecule has 3 unspecified atom stereocenters. The summed E-state index contributed by atoms with van der Waals surface area (Å²) in [5, 5.41) is 8.59. The lowest BCUT2D eigenvalue weighted by atomic mass is 10.1. The molecule has 0 bridgehead atoms. The minimum atomic E-state index is -4.45. The Kier molecular flexibility index (Phi) is 4.78. The zero-order valence-electron chi connectivity index (χ0n) is 10.00. The highest BCUT2D eigenvalue weighted by Gasteiger charge is 2.42. The summed E-state index contributed by atoms with van der Waals surface area (Å²) in [7, 11) is 0. The molecule has 0 aliphatic carbocycles. The summed E-state index contributed by atoms with van der Waals surface area (Å²) in [6.45, 7) is 4.37. The highest BCUT2D eigenvalue weighted by atomic mass is 19.4. The molecular weight excluding hydrogens is 233 g/mol. The monoisotopic (exact) mass is 250 g/mol. The first-order valence-electron chi connectivity index (χ1n) is 5.70. The van der Waals surface area contributed by atoms with Crippen LogP contribution < -0.4 is 0 Å². The molecule has 0 N–H and O–H groups in total. The summed E-state index contributed by atoms with van der Waals surface area (Å²) >= 11 is 0. The van der Waals surface area contributed by atoms with Crippen molar-refractivity contribution in [3.05, 3.63) is 0 Å². The minimum Gasteiger partial charge on any atom is -0.376 e. The van der Waals surface area contributed by atoms with E-state index in [-0.39, 0.29) is 18.7 Å². The maximum Gasteiger partial charge on any atom is 0.405 e. The van der Waals surface area contributed by atoms with Gasteiger partial charge in [0.2, 0.25) is 0 Å². The summed E-state index contributed by atoms with van der Waals surface area (Å²) in [4.78, 5) is 1.72. The van der Waals surface area contributed by atoms with Crippen LogP contribution in [0.2, 0.25) is 0 Å². The van der Waals surface area contributed by atoms with Crippen molar-refractivity contribution in [2.24, 2.45) is 5.92 Å². The van der Waals surface area contributed by atoms with Crippen molar-refractivity contribution in [2.45, 2.75) is 38.6 Å². The van der Waals surface area contributed by atoms with Gasteiger partial charge in [0.1, 0.15) is 0 Å². The predicted molar refractivity (Wildman–Crippen MR) is 56.2 cm³/mol. The molecular formula is C11H17F3N2O. The Balaban J connectivity index is 2.66. The smallest absolute Gasteiger partial charge is 0.376 e. The number of ether oxygens (including phenoxy) is 1. The topological polar surface area (TPSA) is 36.3 Å². The van der Waals surface area contributed by atoms with Crippen LogP contribution in [0.5, 0.6) is 0 Å². The number of hydrogen-bond acceptors (Lipinski definition) is 3. The number of nitrogens with zero attached hydrogens (tertiary/aromatic N) is 2. The van der Waals surface area contributed by atoms with Crippen LogP contribution in [0.25, 0.3) is 0 Å². The molecule has 0 aromatic heterocycles. The van der Waals surface area contributed by atoms with Crippen LogP contribution in [-0.2, 0) is 4.74 Å². The van der Waals surface area contributed by atoms with Crippen molar-refractivity contribution in [3.63, 3.8) is 0 Å². The first kappa shape index (κ1) is 14.3. The zero-order valence-corrected chi connectivity index (χ0v) is 10.00. The third-order valence-electron chi connectivity index (χ3n) is 3.02. The van der Waals surface area contributed by atoms with Crippen LogP contribution in [0.15, 0.2) is 0 Å².